The van der Waals surface area contributed by atoms with E-state index in [9.17, 15) is 4.79 Å². The maximum Gasteiger partial charge on any atom is 0.411 e. The molecular weight excluding hydrogens is 357 g/mol. The molecule has 0 saturated heterocycles. The van der Waals surface area contributed by atoms with Crippen LogP contribution in [-0.2, 0) is 29.4 Å². The Kier molecular flexibility index (Phi) is 4.50. The molecule has 0 bridgehead atoms. The van der Waals surface area contributed by atoms with Crippen LogP contribution >= 0.6 is 34.8 Å². The molecular formula is C17H20Cl3NO2. The number of hydrogen-bond acceptors (Lipinski definition) is 2. The van der Waals surface area contributed by atoms with Crippen molar-refractivity contribution in [3.05, 3.63) is 28.3 Å². The summed E-state index contributed by atoms with van der Waals surface area (Å²) in [6.07, 6.45) is 4.66. The van der Waals surface area contributed by atoms with Crippen molar-refractivity contribution >= 4 is 46.6 Å². The summed E-state index contributed by atoms with van der Waals surface area (Å²) in [4.78, 5) is 12.1. The Labute approximate surface area is 151 Å². The first-order valence-electron chi connectivity index (χ1n) is 7.86. The SMILES string of the molecule is CC1(C)CCc2c1cc1c(c2NC(=O)OCC(Cl)(Cl)Cl)CCC1. The molecule has 0 heterocycles. The zero-order valence-electron chi connectivity index (χ0n) is 13.3. The number of alkyl halides is 3. The lowest BCUT2D eigenvalue weighted by Crippen LogP contribution is -2.22. The van der Waals surface area contributed by atoms with Crippen LogP contribution in [0.4, 0.5) is 10.5 Å². The number of halogens is 3. The van der Waals surface area contributed by atoms with Crippen molar-refractivity contribution in [1.29, 1.82) is 0 Å². The fraction of sp³-hybridized carbons (Fsp3) is 0.588. The molecule has 0 atom stereocenters. The minimum absolute atomic E-state index is 0.144. The third-order valence-electron chi connectivity index (χ3n) is 4.83. The van der Waals surface area contributed by atoms with Crippen molar-refractivity contribution in [1.82, 2.24) is 0 Å². The summed E-state index contributed by atoms with van der Waals surface area (Å²) in [6.45, 7) is 4.24. The fourth-order valence-corrected chi connectivity index (χ4v) is 3.83. The van der Waals surface area contributed by atoms with Gasteiger partial charge in [-0.1, -0.05) is 54.7 Å². The van der Waals surface area contributed by atoms with E-state index in [1.807, 2.05) is 0 Å². The predicted molar refractivity (Wildman–Crippen MR) is 95.1 cm³/mol. The van der Waals surface area contributed by atoms with Gasteiger partial charge in [0.1, 0.15) is 6.61 Å². The maximum absolute atomic E-state index is 12.1. The second-order valence-corrected chi connectivity index (χ2v) is 9.49. The molecule has 2 aliphatic carbocycles. The van der Waals surface area contributed by atoms with Crippen LogP contribution in [-0.4, -0.2) is 16.5 Å². The van der Waals surface area contributed by atoms with Gasteiger partial charge in [-0.25, -0.2) is 4.79 Å². The van der Waals surface area contributed by atoms with Crippen molar-refractivity contribution in [2.45, 2.75) is 55.2 Å². The summed E-state index contributed by atoms with van der Waals surface area (Å²) in [7, 11) is 0. The monoisotopic (exact) mass is 375 g/mol. The summed E-state index contributed by atoms with van der Waals surface area (Å²) >= 11 is 16.9. The van der Waals surface area contributed by atoms with Crippen molar-refractivity contribution < 1.29 is 9.53 Å². The Balaban J connectivity index is 1.89. The number of nitrogens with one attached hydrogen (secondary N) is 1. The van der Waals surface area contributed by atoms with Gasteiger partial charge in [-0.2, -0.15) is 0 Å². The van der Waals surface area contributed by atoms with Gasteiger partial charge in [0.25, 0.3) is 0 Å². The van der Waals surface area contributed by atoms with Crippen LogP contribution in [0.5, 0.6) is 0 Å². The number of carbonyl (C=O) groups is 1. The molecule has 0 spiro atoms. The second kappa shape index (κ2) is 6.02. The van der Waals surface area contributed by atoms with E-state index in [0.717, 1.165) is 37.8 Å². The topological polar surface area (TPSA) is 38.3 Å². The van der Waals surface area contributed by atoms with Crippen molar-refractivity contribution in [3.63, 3.8) is 0 Å². The molecule has 0 aromatic heterocycles. The van der Waals surface area contributed by atoms with E-state index in [0.29, 0.717) is 0 Å². The molecule has 0 aliphatic heterocycles. The Bertz CT molecular complexity index is 650. The highest BCUT2D eigenvalue weighted by Gasteiger charge is 2.35. The first-order valence-corrected chi connectivity index (χ1v) is 8.99. The van der Waals surface area contributed by atoms with Crippen LogP contribution in [0.1, 0.15) is 48.9 Å². The van der Waals surface area contributed by atoms with Gasteiger partial charge in [0, 0.05) is 0 Å². The number of carbonyl (C=O) groups excluding carboxylic acids is 1. The molecule has 126 valence electrons. The summed E-state index contributed by atoms with van der Waals surface area (Å²) in [5.74, 6) is 0. The molecule has 23 heavy (non-hydrogen) atoms. The number of fused-ring (bicyclic) bond motifs is 2. The van der Waals surface area contributed by atoms with Crippen LogP contribution in [0, 0.1) is 0 Å². The lowest BCUT2D eigenvalue weighted by Gasteiger charge is -2.22. The van der Waals surface area contributed by atoms with Crippen LogP contribution in [0.3, 0.4) is 0 Å². The molecule has 0 unspecified atom stereocenters. The molecule has 3 rings (SSSR count). The highest BCUT2D eigenvalue weighted by molar-refractivity contribution is 6.67. The number of benzene rings is 1. The Morgan fingerprint density at radius 2 is 2.00 bits per heavy atom. The summed E-state index contributed by atoms with van der Waals surface area (Å²) in [6, 6.07) is 2.34. The minimum atomic E-state index is -1.60. The van der Waals surface area contributed by atoms with Gasteiger partial charge in [-0.05, 0) is 59.8 Å². The molecule has 0 fully saturated rings. The molecule has 6 heteroatoms. The molecule has 0 radical (unpaired) electrons. The van der Waals surface area contributed by atoms with Gasteiger partial charge in [-0.15, -0.1) is 0 Å². The Morgan fingerprint density at radius 3 is 2.70 bits per heavy atom. The van der Waals surface area contributed by atoms with E-state index < -0.39 is 9.89 Å². The number of aryl methyl sites for hydroxylation is 1. The summed E-state index contributed by atoms with van der Waals surface area (Å²) in [5.41, 5.74) is 6.24. The van der Waals surface area contributed by atoms with Crippen LogP contribution in [0.2, 0.25) is 0 Å². The van der Waals surface area contributed by atoms with Crippen molar-refractivity contribution in [2.24, 2.45) is 0 Å². The molecule has 1 amide bonds. The van der Waals surface area contributed by atoms with E-state index in [1.54, 1.807) is 0 Å². The average Bonchev–Trinajstić information content (AvgIpc) is 3.01. The zero-order chi connectivity index (χ0) is 16.8. The van der Waals surface area contributed by atoms with Gasteiger partial charge in [0.2, 0.25) is 3.79 Å². The minimum Gasteiger partial charge on any atom is -0.445 e. The van der Waals surface area contributed by atoms with E-state index in [2.05, 4.69) is 25.2 Å². The largest absolute Gasteiger partial charge is 0.445 e. The number of ether oxygens (including phenoxy) is 1. The van der Waals surface area contributed by atoms with Gasteiger partial charge < -0.3 is 4.74 Å². The summed E-state index contributed by atoms with van der Waals surface area (Å²) in [5, 5.41) is 2.92. The van der Waals surface area contributed by atoms with E-state index >= 15 is 0 Å². The van der Waals surface area contributed by atoms with Gasteiger partial charge in [0.05, 0.1) is 5.69 Å². The highest BCUT2D eigenvalue weighted by Crippen LogP contribution is 2.46. The van der Waals surface area contributed by atoms with Crippen LogP contribution in [0.25, 0.3) is 0 Å². The lowest BCUT2D eigenvalue weighted by molar-refractivity contribution is 0.164. The average molecular weight is 377 g/mol. The summed E-state index contributed by atoms with van der Waals surface area (Å²) < 4.78 is 3.44. The zero-order valence-corrected chi connectivity index (χ0v) is 15.5. The Morgan fingerprint density at radius 1 is 1.26 bits per heavy atom. The number of hydrogen-bond donors (Lipinski definition) is 1. The van der Waals surface area contributed by atoms with Gasteiger partial charge >= 0.3 is 6.09 Å². The number of rotatable bonds is 2. The molecule has 3 nitrogen and oxygen atoms in total. The van der Waals surface area contributed by atoms with Crippen LogP contribution < -0.4 is 5.32 Å². The number of anilines is 1. The lowest BCUT2D eigenvalue weighted by atomic mass is 9.85. The first-order chi connectivity index (χ1) is 10.7. The quantitative estimate of drug-likeness (QED) is 0.710. The standard InChI is InChI=1S/C17H20Cl3NO2/c1-16(2)7-6-12-13(16)8-10-4-3-5-11(10)14(12)21-15(22)23-9-17(18,19)20/h8H,3-7,9H2,1-2H3,(H,21,22). The van der Waals surface area contributed by atoms with Crippen molar-refractivity contribution in [2.75, 3.05) is 11.9 Å². The predicted octanol–water partition coefficient (Wildman–Crippen LogP) is 5.32. The maximum atomic E-state index is 12.1. The van der Waals surface area contributed by atoms with Gasteiger partial charge in [0.15, 0.2) is 0 Å². The highest BCUT2D eigenvalue weighted by atomic mass is 35.6. The third kappa shape index (κ3) is 3.57. The normalized spacial score (nSPS) is 18.5. The molecule has 2 aliphatic rings. The molecule has 1 aromatic carbocycles. The fourth-order valence-electron chi connectivity index (χ4n) is 3.66. The molecule has 1 aromatic rings. The second-order valence-electron chi connectivity index (χ2n) is 6.97. The molecule has 1 N–H and O–H groups in total. The molecule has 0 saturated carbocycles. The number of amides is 1. The first kappa shape index (κ1) is 17.2. The van der Waals surface area contributed by atoms with Crippen LogP contribution in [0.15, 0.2) is 6.07 Å². The van der Waals surface area contributed by atoms with Crippen molar-refractivity contribution in [3.8, 4) is 0 Å². The van der Waals surface area contributed by atoms with Gasteiger partial charge in [-0.3, -0.25) is 5.32 Å². The Hall–Kier alpha value is -0.640. The van der Waals surface area contributed by atoms with E-state index in [1.165, 1.54) is 22.3 Å². The van der Waals surface area contributed by atoms with E-state index in [-0.39, 0.29) is 12.0 Å². The third-order valence-corrected chi connectivity index (χ3v) is 5.16. The smallest absolute Gasteiger partial charge is 0.411 e. The van der Waals surface area contributed by atoms with E-state index in [4.69, 9.17) is 39.5 Å².